The first-order valence-electron chi connectivity index (χ1n) is 13.4. The predicted molar refractivity (Wildman–Crippen MR) is 156 cm³/mol. The molecular formula is C32H37NO6S. The summed E-state index contributed by atoms with van der Waals surface area (Å²) in [6.45, 7) is 12.6. The van der Waals surface area contributed by atoms with Crippen LogP contribution in [0, 0.1) is 13.8 Å². The molecule has 0 heterocycles. The predicted octanol–water partition coefficient (Wildman–Crippen LogP) is 6.53. The molecule has 0 fully saturated rings. The molecule has 3 aromatic rings. The summed E-state index contributed by atoms with van der Waals surface area (Å²) in [6, 6.07) is 17.3. The Bertz CT molecular complexity index is 1540. The first-order valence-corrected chi connectivity index (χ1v) is 14.8. The minimum Gasteiger partial charge on any atom is -0.478 e. The van der Waals surface area contributed by atoms with Gasteiger partial charge in [-0.25, -0.2) is 4.79 Å². The Morgan fingerprint density at radius 2 is 1.40 bits per heavy atom. The Kier molecular flexibility index (Phi) is 8.24. The molecule has 8 heteroatoms. The summed E-state index contributed by atoms with van der Waals surface area (Å²) in [7, 11) is -3.92. The van der Waals surface area contributed by atoms with E-state index in [4.69, 9.17) is 9.02 Å². The molecule has 0 amide bonds. The molecule has 0 unspecified atom stereocenters. The summed E-state index contributed by atoms with van der Waals surface area (Å²) in [6.07, 6.45) is 2.15. The maximum atomic E-state index is 12.5. The maximum Gasteiger partial charge on any atom is 0.335 e. The molecule has 0 saturated heterocycles. The molecule has 1 aliphatic rings. The van der Waals surface area contributed by atoms with Crippen molar-refractivity contribution in [2.75, 3.05) is 13.2 Å². The second kappa shape index (κ2) is 11.2. The molecule has 0 saturated carbocycles. The van der Waals surface area contributed by atoms with Crippen LogP contribution in [0.1, 0.15) is 84.3 Å². The number of rotatable bonds is 9. The molecule has 0 aromatic heterocycles. The second-order valence-corrected chi connectivity index (χ2v) is 13.3. The molecule has 1 aliphatic carbocycles. The number of aryl methyl sites for hydroxylation is 2. The molecule has 3 aromatic carbocycles. The van der Waals surface area contributed by atoms with Gasteiger partial charge in [0.2, 0.25) is 0 Å². The van der Waals surface area contributed by atoms with Gasteiger partial charge in [0.25, 0.3) is 10.1 Å². The van der Waals surface area contributed by atoms with Gasteiger partial charge in [0.15, 0.2) is 0 Å². The van der Waals surface area contributed by atoms with Gasteiger partial charge in [-0.05, 0) is 84.5 Å². The van der Waals surface area contributed by atoms with Crippen LogP contribution >= 0.6 is 0 Å². The maximum absolute atomic E-state index is 12.5. The molecule has 0 atom stereocenters. The number of nitrogens with zero attached hydrogens (tertiary/aromatic N) is 1. The fourth-order valence-electron chi connectivity index (χ4n) is 5.07. The number of hydrogen-bond acceptors (Lipinski definition) is 6. The zero-order valence-electron chi connectivity index (χ0n) is 23.9. The van der Waals surface area contributed by atoms with Crippen LogP contribution in [-0.4, -0.2) is 38.4 Å². The first kappa shape index (κ1) is 29.5. The highest BCUT2D eigenvalue weighted by atomic mass is 32.2. The molecule has 1 N–H and O–H groups in total. The second-order valence-electron chi connectivity index (χ2n) is 11.7. The van der Waals surface area contributed by atoms with Gasteiger partial charge in [-0.3, -0.25) is 4.18 Å². The van der Waals surface area contributed by atoms with Crippen molar-refractivity contribution in [1.29, 1.82) is 0 Å². The Balaban J connectivity index is 1.64. The molecule has 0 spiro atoms. The van der Waals surface area contributed by atoms with Crippen LogP contribution < -0.4 is 0 Å². The zero-order chi connectivity index (χ0) is 29.3. The number of aromatic carboxylic acids is 1. The van der Waals surface area contributed by atoms with E-state index in [0.717, 1.165) is 29.5 Å². The van der Waals surface area contributed by atoms with Crippen molar-refractivity contribution in [3.63, 3.8) is 0 Å². The third-order valence-corrected chi connectivity index (χ3v) is 9.06. The number of hydrogen-bond donors (Lipinski definition) is 1. The van der Waals surface area contributed by atoms with Gasteiger partial charge in [-0.15, -0.1) is 0 Å². The molecule has 7 nitrogen and oxygen atoms in total. The van der Waals surface area contributed by atoms with E-state index in [1.54, 1.807) is 24.3 Å². The van der Waals surface area contributed by atoms with E-state index < -0.39 is 16.1 Å². The zero-order valence-corrected chi connectivity index (χ0v) is 24.8. The van der Waals surface area contributed by atoms with Crippen molar-refractivity contribution in [2.24, 2.45) is 5.16 Å². The largest absolute Gasteiger partial charge is 0.478 e. The highest BCUT2D eigenvalue weighted by molar-refractivity contribution is 7.86. The van der Waals surface area contributed by atoms with Gasteiger partial charge in [0.05, 0.1) is 10.5 Å². The summed E-state index contributed by atoms with van der Waals surface area (Å²) in [5.41, 5.74) is 6.84. The van der Waals surface area contributed by atoms with E-state index in [-0.39, 0.29) is 34.5 Å². The van der Waals surface area contributed by atoms with Crippen molar-refractivity contribution in [3.8, 4) is 0 Å². The number of carboxylic acid groups (broad SMARTS) is 1. The van der Waals surface area contributed by atoms with Gasteiger partial charge in [0, 0.05) is 11.1 Å². The van der Waals surface area contributed by atoms with Gasteiger partial charge in [-0.1, -0.05) is 68.7 Å². The molecule has 212 valence electrons. The fraction of sp³-hybridized carbons (Fsp3) is 0.375. The lowest BCUT2D eigenvalue weighted by Crippen LogP contribution is -2.34. The van der Waals surface area contributed by atoms with E-state index in [1.165, 1.54) is 35.4 Å². The van der Waals surface area contributed by atoms with Gasteiger partial charge >= 0.3 is 5.97 Å². The van der Waals surface area contributed by atoms with Gasteiger partial charge < -0.3 is 9.94 Å². The van der Waals surface area contributed by atoms with Crippen LogP contribution in [-0.2, 0) is 30.0 Å². The molecule has 4 rings (SSSR count). The lowest BCUT2D eigenvalue weighted by atomic mass is 9.62. The number of benzene rings is 3. The average Bonchev–Trinajstić information content (AvgIpc) is 2.89. The van der Waals surface area contributed by atoms with Gasteiger partial charge in [0.1, 0.15) is 18.9 Å². The summed E-state index contributed by atoms with van der Waals surface area (Å²) in [5, 5.41) is 13.8. The SMILES string of the molecule is Cc1ccc(S(=O)(=O)OCCO/N=C(/c2ccc(C(=O)O)cc2)c2cc3c(cc2C)C(C)(C)CCC3(C)C)cc1. The minimum absolute atomic E-state index is 0.0232. The standard InChI is InChI=1S/C32H37NO6S/c1-21-7-13-25(14-8-21)40(36,37)39-18-17-38-33-29(23-9-11-24(12-10-23)30(34)35)26-20-28-27(19-22(26)2)31(3,4)15-16-32(28,5)6/h7-14,19-20H,15-18H2,1-6H3,(H,34,35)/b33-29-. The number of carbonyl (C=O) groups is 1. The van der Waals surface area contributed by atoms with Crippen LogP contribution in [0.5, 0.6) is 0 Å². The average molecular weight is 564 g/mol. The van der Waals surface area contributed by atoms with Crippen molar-refractivity contribution in [2.45, 2.75) is 70.1 Å². The van der Waals surface area contributed by atoms with E-state index in [1.807, 2.05) is 13.8 Å². The monoisotopic (exact) mass is 563 g/mol. The molecular weight excluding hydrogens is 526 g/mol. The Morgan fingerprint density at radius 3 is 1.98 bits per heavy atom. The Hall–Kier alpha value is -3.49. The van der Waals surface area contributed by atoms with Crippen molar-refractivity contribution >= 4 is 21.8 Å². The summed E-state index contributed by atoms with van der Waals surface area (Å²) >= 11 is 0. The highest BCUT2D eigenvalue weighted by Crippen LogP contribution is 2.46. The summed E-state index contributed by atoms with van der Waals surface area (Å²) < 4.78 is 30.2. The van der Waals surface area contributed by atoms with Crippen LogP contribution in [0.2, 0.25) is 0 Å². The highest BCUT2D eigenvalue weighted by Gasteiger charge is 2.37. The van der Waals surface area contributed by atoms with E-state index in [0.29, 0.717) is 11.3 Å². The normalized spacial score (nSPS) is 16.3. The number of oxime groups is 1. The quantitative estimate of drug-likeness (QED) is 0.138. The summed E-state index contributed by atoms with van der Waals surface area (Å²) in [5.74, 6) is -1.01. The fourth-order valence-corrected chi connectivity index (χ4v) is 5.96. The molecule has 0 bridgehead atoms. The van der Waals surface area contributed by atoms with Crippen LogP contribution in [0.4, 0.5) is 0 Å². The van der Waals surface area contributed by atoms with Crippen LogP contribution in [0.3, 0.4) is 0 Å². The lowest BCUT2D eigenvalue weighted by Gasteiger charge is -2.42. The number of fused-ring (bicyclic) bond motifs is 1. The van der Waals surface area contributed by atoms with Crippen molar-refractivity contribution in [1.82, 2.24) is 0 Å². The van der Waals surface area contributed by atoms with Crippen LogP contribution in [0.25, 0.3) is 0 Å². The van der Waals surface area contributed by atoms with Crippen molar-refractivity contribution < 1.29 is 27.3 Å². The van der Waals surface area contributed by atoms with E-state index >= 15 is 0 Å². The summed E-state index contributed by atoms with van der Waals surface area (Å²) in [4.78, 5) is 17.1. The van der Waals surface area contributed by atoms with E-state index in [9.17, 15) is 18.3 Å². The van der Waals surface area contributed by atoms with E-state index in [2.05, 4.69) is 45.0 Å². The molecule has 0 aliphatic heterocycles. The molecule has 40 heavy (non-hydrogen) atoms. The topological polar surface area (TPSA) is 102 Å². The first-order chi connectivity index (χ1) is 18.7. The van der Waals surface area contributed by atoms with Crippen LogP contribution in [0.15, 0.2) is 70.7 Å². The Morgan fingerprint density at radius 1 is 0.850 bits per heavy atom. The third kappa shape index (κ3) is 6.29. The Labute approximate surface area is 237 Å². The third-order valence-electron chi connectivity index (χ3n) is 7.74. The molecule has 0 radical (unpaired) electrons. The smallest absolute Gasteiger partial charge is 0.335 e. The minimum atomic E-state index is -3.92. The lowest BCUT2D eigenvalue weighted by molar-refractivity contribution is 0.0697. The van der Waals surface area contributed by atoms with Gasteiger partial charge in [-0.2, -0.15) is 8.42 Å². The number of carboxylic acids is 1. The van der Waals surface area contributed by atoms with Crippen molar-refractivity contribution in [3.05, 3.63) is 99.6 Å².